The second kappa shape index (κ2) is 8.32. The number of halogens is 1. The van der Waals surface area contributed by atoms with E-state index in [0.717, 1.165) is 12.1 Å². The molecule has 2 atom stereocenters. The molecular formula is C23H26ClN3O4S. The number of likely N-dealkylation sites (tertiary alicyclic amines) is 1. The molecule has 3 aliphatic rings. The minimum Gasteiger partial charge on any atom is -0.341 e. The van der Waals surface area contributed by atoms with Gasteiger partial charge in [0, 0.05) is 61.3 Å². The van der Waals surface area contributed by atoms with Crippen molar-refractivity contribution in [3.63, 3.8) is 0 Å². The number of pyridine rings is 1. The van der Waals surface area contributed by atoms with Crippen LogP contribution in [-0.4, -0.2) is 54.3 Å². The van der Waals surface area contributed by atoms with E-state index in [1.165, 1.54) is 16.4 Å². The van der Waals surface area contributed by atoms with Crippen LogP contribution in [0.15, 0.2) is 52.2 Å². The Kier molecular flexibility index (Phi) is 5.63. The van der Waals surface area contributed by atoms with E-state index in [0.29, 0.717) is 50.6 Å². The number of hydrogen-bond acceptors (Lipinski definition) is 4. The van der Waals surface area contributed by atoms with Gasteiger partial charge in [0.15, 0.2) is 0 Å². The first kappa shape index (κ1) is 21.7. The maximum Gasteiger partial charge on any atom is 0.250 e. The summed E-state index contributed by atoms with van der Waals surface area (Å²) in [4.78, 5) is 27.7. The van der Waals surface area contributed by atoms with Crippen molar-refractivity contribution >= 4 is 27.5 Å². The third-order valence-corrected chi connectivity index (χ3v) is 9.21. The highest BCUT2D eigenvalue weighted by atomic mass is 35.5. The van der Waals surface area contributed by atoms with E-state index in [1.807, 2.05) is 15.5 Å². The Morgan fingerprint density at radius 3 is 2.41 bits per heavy atom. The smallest absolute Gasteiger partial charge is 0.250 e. The van der Waals surface area contributed by atoms with Crippen molar-refractivity contribution in [1.82, 2.24) is 13.8 Å². The third kappa shape index (κ3) is 3.89. The van der Waals surface area contributed by atoms with Gasteiger partial charge in [-0.25, -0.2) is 8.42 Å². The molecule has 0 N–H and O–H groups in total. The summed E-state index contributed by atoms with van der Waals surface area (Å²) in [7, 11) is -3.59. The van der Waals surface area contributed by atoms with Crippen LogP contribution in [0, 0.1) is 11.8 Å². The van der Waals surface area contributed by atoms with Gasteiger partial charge in [-0.05, 0) is 55.5 Å². The monoisotopic (exact) mass is 475 g/mol. The Morgan fingerprint density at radius 1 is 0.969 bits per heavy atom. The Balaban J connectivity index is 1.25. The van der Waals surface area contributed by atoms with Crippen molar-refractivity contribution in [3.8, 4) is 0 Å². The lowest BCUT2D eigenvalue weighted by Gasteiger charge is -2.44. The molecule has 3 aliphatic heterocycles. The lowest BCUT2D eigenvalue weighted by atomic mass is 9.82. The lowest BCUT2D eigenvalue weighted by molar-refractivity contribution is -0.139. The zero-order chi connectivity index (χ0) is 22.5. The molecule has 2 fully saturated rings. The number of amides is 1. The number of sulfonamides is 1. The van der Waals surface area contributed by atoms with Crippen LogP contribution < -0.4 is 5.56 Å². The van der Waals surface area contributed by atoms with Gasteiger partial charge < -0.3 is 9.47 Å². The molecular weight excluding hydrogens is 450 g/mol. The van der Waals surface area contributed by atoms with Gasteiger partial charge >= 0.3 is 0 Å². The molecule has 0 radical (unpaired) electrons. The van der Waals surface area contributed by atoms with Gasteiger partial charge in [0.05, 0.1) is 4.90 Å². The largest absolute Gasteiger partial charge is 0.341 e. The maximum absolute atomic E-state index is 13.3. The summed E-state index contributed by atoms with van der Waals surface area (Å²) in [6.07, 6.45) is 2.05. The van der Waals surface area contributed by atoms with Crippen LogP contribution in [0.1, 0.15) is 30.9 Å². The number of hydrogen-bond donors (Lipinski definition) is 0. The summed E-state index contributed by atoms with van der Waals surface area (Å²) in [5, 5.41) is 0.493. The van der Waals surface area contributed by atoms with Gasteiger partial charge in [-0.15, -0.1) is 0 Å². The molecule has 32 heavy (non-hydrogen) atoms. The van der Waals surface area contributed by atoms with Gasteiger partial charge in [0.1, 0.15) is 0 Å². The van der Waals surface area contributed by atoms with Crippen molar-refractivity contribution in [2.45, 2.75) is 36.6 Å². The topological polar surface area (TPSA) is 79.7 Å². The molecule has 0 spiro atoms. The highest BCUT2D eigenvalue weighted by Crippen LogP contribution is 2.36. The van der Waals surface area contributed by atoms with Crippen molar-refractivity contribution in [2.24, 2.45) is 11.8 Å². The highest BCUT2D eigenvalue weighted by molar-refractivity contribution is 7.89. The normalized spacial score (nSPS) is 24.2. The van der Waals surface area contributed by atoms with Crippen LogP contribution in [0.5, 0.6) is 0 Å². The van der Waals surface area contributed by atoms with Gasteiger partial charge in [-0.3, -0.25) is 9.59 Å². The summed E-state index contributed by atoms with van der Waals surface area (Å²) in [5.41, 5.74) is 1.06. The predicted octanol–water partition coefficient (Wildman–Crippen LogP) is 2.55. The fraction of sp³-hybridized carbons (Fsp3) is 0.478. The number of fused-ring (bicyclic) bond motifs is 4. The molecule has 1 amide bonds. The predicted molar refractivity (Wildman–Crippen MR) is 121 cm³/mol. The van der Waals surface area contributed by atoms with Gasteiger partial charge in [-0.1, -0.05) is 17.7 Å². The highest BCUT2D eigenvalue weighted by Gasteiger charge is 2.39. The van der Waals surface area contributed by atoms with Crippen LogP contribution >= 0.6 is 11.6 Å². The van der Waals surface area contributed by atoms with Crippen molar-refractivity contribution in [1.29, 1.82) is 0 Å². The van der Waals surface area contributed by atoms with Crippen molar-refractivity contribution < 1.29 is 13.2 Å². The molecule has 2 aromatic rings. The van der Waals surface area contributed by atoms with E-state index in [-0.39, 0.29) is 34.1 Å². The fourth-order valence-corrected chi connectivity index (χ4v) is 7.03. The molecule has 5 rings (SSSR count). The fourth-order valence-electron chi connectivity index (χ4n) is 5.43. The van der Waals surface area contributed by atoms with E-state index < -0.39 is 10.0 Å². The third-order valence-electron chi connectivity index (χ3n) is 7.05. The van der Waals surface area contributed by atoms with Crippen LogP contribution in [0.3, 0.4) is 0 Å². The maximum atomic E-state index is 13.3. The van der Waals surface area contributed by atoms with E-state index in [1.54, 1.807) is 24.3 Å². The second-order valence-electron chi connectivity index (χ2n) is 9.07. The van der Waals surface area contributed by atoms with Crippen LogP contribution in [-0.2, 0) is 21.4 Å². The number of carbonyl (C=O) groups is 1. The number of carbonyl (C=O) groups excluding carboxylic acids is 1. The van der Waals surface area contributed by atoms with Gasteiger partial charge in [0.25, 0.3) is 5.56 Å². The molecule has 1 aromatic heterocycles. The van der Waals surface area contributed by atoms with Gasteiger partial charge in [0.2, 0.25) is 15.9 Å². The zero-order valence-electron chi connectivity index (χ0n) is 17.7. The Bertz CT molecular complexity index is 1190. The molecule has 9 heteroatoms. The number of aromatic nitrogens is 1. The van der Waals surface area contributed by atoms with Crippen LogP contribution in [0.4, 0.5) is 0 Å². The molecule has 7 nitrogen and oxygen atoms in total. The molecule has 4 heterocycles. The zero-order valence-corrected chi connectivity index (χ0v) is 19.3. The molecule has 170 valence electrons. The minimum atomic E-state index is -3.59. The van der Waals surface area contributed by atoms with E-state index >= 15 is 0 Å². The van der Waals surface area contributed by atoms with E-state index in [4.69, 9.17) is 11.6 Å². The number of benzene rings is 1. The summed E-state index contributed by atoms with van der Waals surface area (Å²) in [5.74, 6) is 0.430. The average molecular weight is 476 g/mol. The molecule has 2 saturated heterocycles. The first-order valence-electron chi connectivity index (χ1n) is 11.1. The Hall–Kier alpha value is -2.16. The van der Waals surface area contributed by atoms with Gasteiger partial charge in [-0.2, -0.15) is 4.31 Å². The Labute approximate surface area is 192 Å². The number of rotatable bonds is 3. The number of nitrogens with zero attached hydrogens (tertiary/aromatic N) is 3. The number of piperidine rings is 2. The van der Waals surface area contributed by atoms with Crippen LogP contribution in [0.25, 0.3) is 0 Å². The summed E-state index contributed by atoms with van der Waals surface area (Å²) in [6, 6.07) is 11.6. The summed E-state index contributed by atoms with van der Waals surface area (Å²) < 4.78 is 29.2. The quantitative estimate of drug-likeness (QED) is 0.683. The summed E-state index contributed by atoms with van der Waals surface area (Å²) in [6.45, 7) is 2.62. The molecule has 0 unspecified atom stereocenters. The Morgan fingerprint density at radius 2 is 1.69 bits per heavy atom. The van der Waals surface area contributed by atoms with Crippen molar-refractivity contribution in [3.05, 3.63) is 63.5 Å². The molecule has 1 aromatic carbocycles. The van der Waals surface area contributed by atoms with Crippen molar-refractivity contribution in [2.75, 3.05) is 26.2 Å². The van der Waals surface area contributed by atoms with E-state index in [9.17, 15) is 18.0 Å². The summed E-state index contributed by atoms with van der Waals surface area (Å²) >= 11 is 5.88. The average Bonchev–Trinajstić information content (AvgIpc) is 2.79. The first-order chi connectivity index (χ1) is 15.3. The van der Waals surface area contributed by atoms with Crippen LogP contribution in [0.2, 0.25) is 5.02 Å². The van der Waals surface area contributed by atoms with E-state index in [2.05, 4.69) is 0 Å². The first-order valence-corrected chi connectivity index (χ1v) is 12.9. The molecule has 0 aliphatic carbocycles. The SMILES string of the molecule is O=C(C1CCN(S(=O)(=O)c2ccc(Cl)cc2)CC1)N1C[C@@H]2C[C@@H](C1)c1cccc(=O)n1C2. The minimum absolute atomic E-state index is 0.0336. The standard InChI is InChI=1S/C23H26ClN3O4S/c24-19-4-6-20(7-5-19)32(30,31)26-10-8-17(9-11-26)23(29)25-13-16-12-18(15-25)21-2-1-3-22(28)27(21)14-16/h1-7,16-18H,8-15H2/t16-,18-/m0/s1. The second-order valence-corrected chi connectivity index (χ2v) is 11.4. The molecule has 0 saturated carbocycles. The lowest BCUT2D eigenvalue weighted by Crippen LogP contribution is -2.52. The molecule has 2 bridgehead atoms.